The first-order chi connectivity index (χ1) is 7.31. The highest BCUT2D eigenvalue weighted by molar-refractivity contribution is 5.75. The van der Waals surface area contributed by atoms with Crippen LogP contribution in [-0.4, -0.2) is 24.0 Å². The summed E-state index contributed by atoms with van der Waals surface area (Å²) in [5.74, 6) is 1.18. The average Bonchev–Trinajstić information content (AvgIpc) is 2.69. The second-order valence-corrected chi connectivity index (χ2v) is 3.58. The van der Waals surface area contributed by atoms with E-state index in [0.29, 0.717) is 19.6 Å². The molecule has 1 amide bonds. The molecule has 1 N–H and O–H groups in total. The van der Waals surface area contributed by atoms with Crippen molar-refractivity contribution in [3.63, 3.8) is 0 Å². The molecule has 4 heteroatoms. The normalized spacial score (nSPS) is 18.1. The van der Waals surface area contributed by atoms with E-state index in [2.05, 4.69) is 10.3 Å². The van der Waals surface area contributed by atoms with Gasteiger partial charge in [-0.15, -0.1) is 0 Å². The summed E-state index contributed by atoms with van der Waals surface area (Å²) < 4.78 is 5.46. The Labute approximate surface area is 88.7 Å². The number of fused-ring (bicyclic) bond motifs is 1. The fourth-order valence-corrected chi connectivity index (χ4v) is 1.66. The Morgan fingerprint density at radius 2 is 2.60 bits per heavy atom. The molecule has 0 saturated heterocycles. The van der Waals surface area contributed by atoms with Gasteiger partial charge in [-0.25, -0.2) is 0 Å². The van der Waals surface area contributed by atoms with Crippen molar-refractivity contribution in [1.29, 1.82) is 0 Å². The predicted molar refractivity (Wildman–Crippen MR) is 55.8 cm³/mol. The van der Waals surface area contributed by atoms with Gasteiger partial charge in [0.1, 0.15) is 5.75 Å². The number of rotatable bonds is 3. The molecule has 1 aromatic rings. The van der Waals surface area contributed by atoms with Crippen molar-refractivity contribution < 1.29 is 9.53 Å². The van der Waals surface area contributed by atoms with Gasteiger partial charge in [0.2, 0.25) is 5.91 Å². The van der Waals surface area contributed by atoms with Crippen LogP contribution >= 0.6 is 0 Å². The third-order valence-electron chi connectivity index (χ3n) is 2.56. The van der Waals surface area contributed by atoms with Gasteiger partial charge in [-0.05, 0) is 6.07 Å². The number of hydrogen-bond donors (Lipinski definition) is 1. The summed E-state index contributed by atoms with van der Waals surface area (Å²) in [6, 6.07) is 1.95. The Balaban J connectivity index is 1.99. The number of nitrogens with zero attached hydrogens (tertiary/aromatic N) is 1. The number of nitrogens with one attached hydrogen (secondary N) is 1. The summed E-state index contributed by atoms with van der Waals surface area (Å²) in [5, 5.41) is 2.88. The molecule has 1 aliphatic rings. The Hall–Kier alpha value is -1.58. The Kier molecular flexibility index (Phi) is 2.85. The first kappa shape index (κ1) is 9.96. The average molecular weight is 206 g/mol. The second-order valence-electron chi connectivity index (χ2n) is 3.58. The van der Waals surface area contributed by atoms with Crippen molar-refractivity contribution in [2.24, 2.45) is 0 Å². The molecule has 0 aromatic carbocycles. The number of carbonyl (C=O) groups excluding carboxylic acids is 1. The number of hydrogen-bond acceptors (Lipinski definition) is 3. The van der Waals surface area contributed by atoms with Crippen LogP contribution < -0.4 is 10.1 Å². The zero-order valence-corrected chi connectivity index (χ0v) is 8.69. The van der Waals surface area contributed by atoms with Gasteiger partial charge in [-0.2, -0.15) is 0 Å². The molecule has 15 heavy (non-hydrogen) atoms. The molecule has 0 saturated carbocycles. The van der Waals surface area contributed by atoms with E-state index in [-0.39, 0.29) is 11.8 Å². The quantitative estimate of drug-likeness (QED) is 0.805. The van der Waals surface area contributed by atoms with E-state index in [1.165, 1.54) is 0 Å². The van der Waals surface area contributed by atoms with Crippen molar-refractivity contribution in [3.05, 3.63) is 24.0 Å². The van der Waals surface area contributed by atoms with Gasteiger partial charge in [0, 0.05) is 30.6 Å². The van der Waals surface area contributed by atoms with Crippen LogP contribution in [0.25, 0.3) is 0 Å². The second kappa shape index (κ2) is 4.29. The van der Waals surface area contributed by atoms with Crippen LogP contribution in [0.2, 0.25) is 0 Å². The largest absolute Gasteiger partial charge is 0.491 e. The lowest BCUT2D eigenvalue weighted by Gasteiger charge is -2.09. The minimum atomic E-state index is 0.0810. The fraction of sp³-hybridized carbons (Fsp3) is 0.455. The third-order valence-corrected chi connectivity index (χ3v) is 2.56. The van der Waals surface area contributed by atoms with Gasteiger partial charge in [0.15, 0.2) is 0 Å². The minimum Gasteiger partial charge on any atom is -0.491 e. The molecule has 2 rings (SSSR count). The molecule has 1 aromatic heterocycles. The van der Waals surface area contributed by atoms with Crippen LogP contribution in [0.1, 0.15) is 24.8 Å². The van der Waals surface area contributed by atoms with Gasteiger partial charge in [-0.1, -0.05) is 6.92 Å². The smallest absolute Gasteiger partial charge is 0.219 e. The van der Waals surface area contributed by atoms with Crippen molar-refractivity contribution in [1.82, 2.24) is 10.3 Å². The first-order valence-corrected chi connectivity index (χ1v) is 5.14. The lowest BCUT2D eigenvalue weighted by Crippen LogP contribution is -2.28. The van der Waals surface area contributed by atoms with E-state index >= 15 is 0 Å². The lowest BCUT2D eigenvalue weighted by atomic mass is 10.0. The Bertz CT molecular complexity index is 365. The Morgan fingerprint density at radius 3 is 3.40 bits per heavy atom. The van der Waals surface area contributed by atoms with Gasteiger partial charge >= 0.3 is 0 Å². The zero-order chi connectivity index (χ0) is 10.7. The molecule has 80 valence electrons. The van der Waals surface area contributed by atoms with E-state index in [1.54, 1.807) is 12.4 Å². The number of aromatic nitrogens is 1. The standard InChI is InChI=1S/C11H14N2O2/c1-2-11(14)13-5-8-7-15-10-6-12-4-3-9(8)10/h3-4,6,8H,2,5,7H2,1H3,(H,13,14). The summed E-state index contributed by atoms with van der Waals surface area (Å²) in [5.41, 5.74) is 1.14. The summed E-state index contributed by atoms with van der Waals surface area (Å²) in [6.07, 6.45) is 4.00. The number of pyridine rings is 1. The maximum absolute atomic E-state index is 11.1. The Morgan fingerprint density at radius 1 is 1.73 bits per heavy atom. The maximum Gasteiger partial charge on any atom is 0.219 e. The van der Waals surface area contributed by atoms with Crippen LogP contribution in [-0.2, 0) is 4.79 Å². The third kappa shape index (κ3) is 2.09. The van der Waals surface area contributed by atoms with Crippen LogP contribution in [0.4, 0.5) is 0 Å². The van der Waals surface area contributed by atoms with Crippen molar-refractivity contribution >= 4 is 5.91 Å². The van der Waals surface area contributed by atoms with Gasteiger partial charge in [-0.3, -0.25) is 9.78 Å². The lowest BCUT2D eigenvalue weighted by molar-refractivity contribution is -0.120. The first-order valence-electron chi connectivity index (χ1n) is 5.14. The fourth-order valence-electron chi connectivity index (χ4n) is 1.66. The molecule has 0 aliphatic carbocycles. The minimum absolute atomic E-state index is 0.0810. The van der Waals surface area contributed by atoms with E-state index in [9.17, 15) is 4.79 Å². The van der Waals surface area contributed by atoms with E-state index < -0.39 is 0 Å². The molecule has 0 bridgehead atoms. The molecule has 4 nitrogen and oxygen atoms in total. The molecule has 1 aliphatic heterocycles. The molecule has 0 spiro atoms. The van der Waals surface area contributed by atoms with Crippen LogP contribution in [0.3, 0.4) is 0 Å². The van der Waals surface area contributed by atoms with Crippen LogP contribution in [0.5, 0.6) is 5.75 Å². The molecular weight excluding hydrogens is 192 g/mol. The predicted octanol–water partition coefficient (Wildman–Crippen LogP) is 1.08. The monoisotopic (exact) mass is 206 g/mol. The van der Waals surface area contributed by atoms with E-state index in [4.69, 9.17) is 4.74 Å². The summed E-state index contributed by atoms with van der Waals surface area (Å²) in [7, 11) is 0. The van der Waals surface area contributed by atoms with Crippen molar-refractivity contribution in [2.45, 2.75) is 19.3 Å². The van der Waals surface area contributed by atoms with Gasteiger partial charge in [0.05, 0.1) is 12.8 Å². The van der Waals surface area contributed by atoms with Crippen molar-refractivity contribution in [2.75, 3.05) is 13.2 Å². The van der Waals surface area contributed by atoms with Gasteiger partial charge < -0.3 is 10.1 Å². The SMILES string of the molecule is CCC(=O)NCC1COc2cnccc21. The highest BCUT2D eigenvalue weighted by Crippen LogP contribution is 2.31. The highest BCUT2D eigenvalue weighted by Gasteiger charge is 2.23. The molecule has 0 radical (unpaired) electrons. The van der Waals surface area contributed by atoms with Crippen LogP contribution in [0.15, 0.2) is 18.5 Å². The molecule has 0 fully saturated rings. The highest BCUT2D eigenvalue weighted by atomic mass is 16.5. The zero-order valence-electron chi connectivity index (χ0n) is 8.69. The van der Waals surface area contributed by atoms with E-state index in [0.717, 1.165) is 11.3 Å². The summed E-state index contributed by atoms with van der Waals surface area (Å²) >= 11 is 0. The van der Waals surface area contributed by atoms with Crippen LogP contribution in [0, 0.1) is 0 Å². The molecule has 1 unspecified atom stereocenters. The number of amides is 1. The summed E-state index contributed by atoms with van der Waals surface area (Å²) in [6.45, 7) is 3.12. The number of ether oxygens (including phenoxy) is 1. The number of carbonyl (C=O) groups is 1. The van der Waals surface area contributed by atoms with Gasteiger partial charge in [0.25, 0.3) is 0 Å². The topological polar surface area (TPSA) is 51.2 Å². The molecule has 2 heterocycles. The molecule has 1 atom stereocenters. The maximum atomic E-state index is 11.1. The summed E-state index contributed by atoms with van der Waals surface area (Å²) in [4.78, 5) is 15.1. The van der Waals surface area contributed by atoms with E-state index in [1.807, 2.05) is 13.0 Å². The van der Waals surface area contributed by atoms with Crippen molar-refractivity contribution in [3.8, 4) is 5.75 Å². The molecular formula is C11H14N2O2.